The summed E-state index contributed by atoms with van der Waals surface area (Å²) in [5.41, 5.74) is 2.47. The monoisotopic (exact) mass is 324 g/mol. The van der Waals surface area contributed by atoms with Crippen LogP contribution >= 0.6 is 0 Å². The predicted molar refractivity (Wildman–Crippen MR) is 94.9 cm³/mol. The molecule has 0 amide bonds. The zero-order valence-electron chi connectivity index (χ0n) is 14.4. The molecule has 0 unspecified atom stereocenters. The average molecular weight is 324 g/mol. The molecule has 2 aromatic rings. The Morgan fingerprint density at radius 3 is 1.67 bits per heavy atom. The van der Waals surface area contributed by atoms with Crippen LogP contribution in [0.2, 0.25) is 0 Å². The molecule has 2 rings (SSSR count). The highest BCUT2D eigenvalue weighted by Crippen LogP contribution is 2.17. The van der Waals surface area contributed by atoms with Crippen LogP contribution in [0.15, 0.2) is 48.5 Å². The van der Waals surface area contributed by atoms with Crippen molar-refractivity contribution in [2.24, 2.45) is 0 Å². The summed E-state index contributed by atoms with van der Waals surface area (Å²) in [6.07, 6.45) is 1.46. The van der Waals surface area contributed by atoms with Gasteiger partial charge in [-0.15, -0.1) is 0 Å². The van der Waals surface area contributed by atoms with Crippen LogP contribution in [0.3, 0.4) is 0 Å². The molecule has 0 bridgehead atoms. The van der Waals surface area contributed by atoms with Gasteiger partial charge in [-0.1, -0.05) is 24.3 Å². The summed E-state index contributed by atoms with van der Waals surface area (Å²) in [6.45, 7) is 2.59. The lowest BCUT2D eigenvalue weighted by Gasteiger charge is -2.22. The normalized spacial score (nSPS) is 10.4. The molecule has 0 aliphatic carbocycles. The molecule has 0 aliphatic rings. The summed E-state index contributed by atoms with van der Waals surface area (Å²) in [5.74, 6) is 1.73. The van der Waals surface area contributed by atoms with Gasteiger partial charge in [-0.3, -0.25) is 4.90 Å². The average Bonchev–Trinajstić information content (AvgIpc) is 2.63. The minimum absolute atomic E-state index is 0.585. The fourth-order valence-electron chi connectivity index (χ4n) is 2.57. The maximum atomic E-state index is 8.78. The summed E-state index contributed by atoms with van der Waals surface area (Å²) in [7, 11) is 3.35. The van der Waals surface area contributed by atoms with E-state index in [9.17, 15) is 0 Å². The van der Waals surface area contributed by atoms with Gasteiger partial charge in [0.05, 0.1) is 20.3 Å². The van der Waals surface area contributed by atoms with Gasteiger partial charge in [0, 0.05) is 19.5 Å². The van der Waals surface area contributed by atoms with E-state index in [0.29, 0.717) is 6.42 Å². The fourth-order valence-corrected chi connectivity index (χ4v) is 2.57. The molecule has 4 heteroatoms. The molecular weight excluding hydrogens is 300 g/mol. The molecule has 0 N–H and O–H groups in total. The van der Waals surface area contributed by atoms with Crippen molar-refractivity contribution >= 4 is 0 Å². The van der Waals surface area contributed by atoms with E-state index in [4.69, 9.17) is 14.7 Å². The summed E-state index contributed by atoms with van der Waals surface area (Å²) >= 11 is 0. The zero-order valence-corrected chi connectivity index (χ0v) is 14.4. The van der Waals surface area contributed by atoms with Crippen molar-refractivity contribution in [3.05, 3.63) is 59.7 Å². The van der Waals surface area contributed by atoms with Crippen molar-refractivity contribution in [3.8, 4) is 17.6 Å². The largest absolute Gasteiger partial charge is 0.497 e. The number of ether oxygens (including phenoxy) is 2. The molecule has 2 aromatic carbocycles. The van der Waals surface area contributed by atoms with E-state index in [1.54, 1.807) is 14.2 Å². The number of hydrogen-bond acceptors (Lipinski definition) is 4. The van der Waals surface area contributed by atoms with Crippen LogP contribution in [0.4, 0.5) is 0 Å². The van der Waals surface area contributed by atoms with Gasteiger partial charge in [-0.2, -0.15) is 5.26 Å². The second kappa shape index (κ2) is 9.59. The van der Waals surface area contributed by atoms with Crippen molar-refractivity contribution < 1.29 is 9.47 Å². The molecule has 0 aliphatic heterocycles. The van der Waals surface area contributed by atoms with E-state index >= 15 is 0 Å². The predicted octanol–water partition coefficient (Wildman–Crippen LogP) is 4.01. The lowest BCUT2D eigenvalue weighted by molar-refractivity contribution is 0.254. The van der Waals surface area contributed by atoms with Crippen LogP contribution in [-0.2, 0) is 13.1 Å². The quantitative estimate of drug-likeness (QED) is 0.654. The minimum Gasteiger partial charge on any atom is -0.497 e. The number of unbranched alkanes of at least 4 members (excludes halogenated alkanes) is 1. The van der Waals surface area contributed by atoms with E-state index in [1.165, 1.54) is 11.1 Å². The van der Waals surface area contributed by atoms with Crippen molar-refractivity contribution in [3.63, 3.8) is 0 Å². The Labute approximate surface area is 144 Å². The molecule has 24 heavy (non-hydrogen) atoms. The molecule has 0 saturated carbocycles. The maximum absolute atomic E-state index is 8.78. The first-order valence-corrected chi connectivity index (χ1v) is 8.10. The number of rotatable bonds is 9. The highest BCUT2D eigenvalue weighted by molar-refractivity contribution is 5.28. The highest BCUT2D eigenvalue weighted by atomic mass is 16.5. The summed E-state index contributed by atoms with van der Waals surface area (Å²) in [5, 5.41) is 8.78. The number of nitrogens with zero attached hydrogens (tertiary/aromatic N) is 2. The second-order valence-corrected chi connectivity index (χ2v) is 5.67. The van der Waals surface area contributed by atoms with Gasteiger partial charge in [0.1, 0.15) is 11.5 Å². The Morgan fingerprint density at radius 2 is 1.29 bits per heavy atom. The van der Waals surface area contributed by atoms with Crippen molar-refractivity contribution in [2.75, 3.05) is 20.8 Å². The van der Waals surface area contributed by atoms with Crippen molar-refractivity contribution in [2.45, 2.75) is 25.9 Å². The summed E-state index contributed by atoms with van der Waals surface area (Å²) < 4.78 is 10.4. The van der Waals surface area contributed by atoms with E-state index < -0.39 is 0 Å². The number of methoxy groups -OCH3 is 2. The van der Waals surface area contributed by atoms with Crippen LogP contribution in [-0.4, -0.2) is 25.7 Å². The molecule has 126 valence electrons. The van der Waals surface area contributed by atoms with E-state index in [1.807, 2.05) is 24.3 Å². The Morgan fingerprint density at radius 1 is 0.833 bits per heavy atom. The van der Waals surface area contributed by atoms with Crippen LogP contribution < -0.4 is 9.47 Å². The lowest BCUT2D eigenvalue weighted by atomic mass is 10.1. The van der Waals surface area contributed by atoms with E-state index in [0.717, 1.165) is 37.6 Å². The van der Waals surface area contributed by atoms with Gasteiger partial charge in [0.2, 0.25) is 0 Å². The van der Waals surface area contributed by atoms with Crippen molar-refractivity contribution in [1.29, 1.82) is 5.26 Å². The molecule has 4 nitrogen and oxygen atoms in total. The van der Waals surface area contributed by atoms with Gasteiger partial charge >= 0.3 is 0 Å². The third-order valence-corrected chi connectivity index (χ3v) is 3.89. The van der Waals surface area contributed by atoms with E-state index in [-0.39, 0.29) is 0 Å². The van der Waals surface area contributed by atoms with Gasteiger partial charge in [-0.25, -0.2) is 0 Å². The first-order valence-electron chi connectivity index (χ1n) is 8.10. The molecule has 0 saturated heterocycles. The number of nitriles is 1. The third kappa shape index (κ3) is 5.60. The zero-order chi connectivity index (χ0) is 17.2. The van der Waals surface area contributed by atoms with Gasteiger partial charge in [0.25, 0.3) is 0 Å². The SMILES string of the molecule is COc1ccc(CN(CCCC#N)Cc2ccc(OC)cc2)cc1. The second-order valence-electron chi connectivity index (χ2n) is 5.67. The Bertz CT molecular complexity index is 595. The first-order chi connectivity index (χ1) is 11.7. The van der Waals surface area contributed by atoms with Crippen LogP contribution in [0, 0.1) is 11.3 Å². The van der Waals surface area contributed by atoms with Crippen LogP contribution in [0.5, 0.6) is 11.5 Å². The van der Waals surface area contributed by atoms with E-state index in [2.05, 4.69) is 35.2 Å². The highest BCUT2D eigenvalue weighted by Gasteiger charge is 2.08. The molecular formula is C20H24N2O2. The van der Waals surface area contributed by atoms with Gasteiger partial charge in [0.15, 0.2) is 0 Å². The Kier molecular flexibility index (Phi) is 7.13. The smallest absolute Gasteiger partial charge is 0.118 e. The standard InChI is InChI=1S/C20H24N2O2/c1-23-19-9-5-17(6-10-19)15-22(14-4-3-13-21)16-18-7-11-20(24-2)12-8-18/h5-12H,3-4,14-16H2,1-2H3. The van der Waals surface area contributed by atoms with Crippen molar-refractivity contribution in [1.82, 2.24) is 4.90 Å². The first kappa shape index (κ1) is 17.8. The van der Waals surface area contributed by atoms with Gasteiger partial charge < -0.3 is 9.47 Å². The maximum Gasteiger partial charge on any atom is 0.118 e. The Hall–Kier alpha value is -2.51. The topological polar surface area (TPSA) is 45.5 Å². The molecule has 0 atom stereocenters. The lowest BCUT2D eigenvalue weighted by Crippen LogP contribution is -2.24. The Balaban J connectivity index is 2.03. The summed E-state index contributed by atoms with van der Waals surface area (Å²) in [4.78, 5) is 2.36. The fraction of sp³-hybridized carbons (Fsp3) is 0.350. The number of benzene rings is 2. The third-order valence-electron chi connectivity index (χ3n) is 3.89. The van der Waals surface area contributed by atoms with Crippen LogP contribution in [0.1, 0.15) is 24.0 Å². The minimum atomic E-state index is 0.585. The molecule has 0 spiro atoms. The van der Waals surface area contributed by atoms with Crippen LogP contribution in [0.25, 0.3) is 0 Å². The molecule has 0 heterocycles. The van der Waals surface area contributed by atoms with Gasteiger partial charge in [-0.05, 0) is 48.4 Å². The molecule has 0 fully saturated rings. The number of hydrogen-bond donors (Lipinski definition) is 0. The molecule has 0 radical (unpaired) electrons. The summed E-state index contributed by atoms with van der Waals surface area (Å²) in [6, 6.07) is 18.5. The molecule has 0 aromatic heterocycles.